The Bertz CT molecular complexity index is 1470. The van der Waals surface area contributed by atoms with E-state index in [1.165, 1.54) is 18.2 Å². The van der Waals surface area contributed by atoms with Crippen LogP contribution in [0.15, 0.2) is 47.5 Å². The highest BCUT2D eigenvalue weighted by Crippen LogP contribution is 2.50. The summed E-state index contributed by atoms with van der Waals surface area (Å²) in [6.07, 6.45) is 1.51. The van der Waals surface area contributed by atoms with Gasteiger partial charge in [0, 0.05) is 28.3 Å². The Kier molecular flexibility index (Phi) is 10.7. The van der Waals surface area contributed by atoms with Gasteiger partial charge in [0.1, 0.15) is 11.4 Å². The summed E-state index contributed by atoms with van der Waals surface area (Å²) in [5, 5.41) is 11.6. The first-order valence-corrected chi connectivity index (χ1v) is 16.4. The molecule has 1 spiro atoms. The summed E-state index contributed by atoms with van der Waals surface area (Å²) in [6.45, 7) is 13.1. The lowest BCUT2D eigenvalue weighted by molar-refractivity contribution is -0.137. The third-order valence-electron chi connectivity index (χ3n) is 9.31. The molecule has 250 valence electrons. The summed E-state index contributed by atoms with van der Waals surface area (Å²) in [4.78, 5) is 45.1. The Morgan fingerprint density at radius 2 is 1.67 bits per heavy atom. The number of halogens is 3. The van der Waals surface area contributed by atoms with Gasteiger partial charge in [-0.25, -0.2) is 8.78 Å². The summed E-state index contributed by atoms with van der Waals surface area (Å²) >= 11 is 6.27. The van der Waals surface area contributed by atoms with Gasteiger partial charge in [0.2, 0.25) is 0 Å². The van der Waals surface area contributed by atoms with E-state index < -0.39 is 24.1 Å². The van der Waals surface area contributed by atoms with Gasteiger partial charge in [-0.1, -0.05) is 65.3 Å². The minimum Gasteiger partial charge on any atom is -0.481 e. The molecule has 4 rings (SSSR count). The average molecular weight is 658 g/mol. The van der Waals surface area contributed by atoms with E-state index in [9.17, 15) is 23.2 Å². The molecule has 2 aromatic rings. The molecule has 1 aliphatic heterocycles. The fourth-order valence-electron chi connectivity index (χ4n) is 6.66. The molecule has 7 nitrogen and oxygen atoms in total. The predicted molar refractivity (Wildman–Crippen MR) is 176 cm³/mol. The standard InChI is InChI=1S/C36H46ClF2N3O4/c1-34(2,3)15-13-28(22-7-9-23(10-8-22)32(45)40-18-14-29(43)44)42-33(46)30(24-19-25(31(38)39)21-27(37)20-24)41-36(42)16-11-26(12-17-36)35(4,5)6/h7-10,19-21,26,28,31H,11-18H2,1-6H3,(H,40,45)(H,43,44)/t26?,28-,36?/m1/s1. The zero-order valence-electron chi connectivity index (χ0n) is 27.6. The average Bonchev–Trinajstić information content (AvgIpc) is 3.23. The van der Waals surface area contributed by atoms with E-state index in [2.05, 4.69) is 46.9 Å². The lowest BCUT2D eigenvalue weighted by Crippen LogP contribution is -2.51. The van der Waals surface area contributed by atoms with Gasteiger partial charge in [-0.15, -0.1) is 0 Å². The number of hydrogen-bond donors (Lipinski definition) is 2. The lowest BCUT2D eigenvalue weighted by atomic mass is 9.69. The van der Waals surface area contributed by atoms with Crippen LogP contribution in [0.25, 0.3) is 0 Å². The van der Waals surface area contributed by atoms with Crippen LogP contribution in [0.1, 0.15) is 126 Å². The molecule has 0 bridgehead atoms. The van der Waals surface area contributed by atoms with Crippen LogP contribution < -0.4 is 5.32 Å². The van der Waals surface area contributed by atoms with Crippen molar-refractivity contribution in [1.29, 1.82) is 0 Å². The van der Waals surface area contributed by atoms with Crippen molar-refractivity contribution in [2.24, 2.45) is 21.7 Å². The molecule has 0 saturated heterocycles. The van der Waals surface area contributed by atoms with Gasteiger partial charge in [0.25, 0.3) is 18.2 Å². The number of alkyl halides is 2. The topological polar surface area (TPSA) is 99.1 Å². The minimum absolute atomic E-state index is 0.0153. The molecule has 2 aliphatic rings. The number of aliphatic carboxylic acids is 1. The smallest absolute Gasteiger partial charge is 0.305 e. The number of carboxylic acids is 1. The number of hydrogen-bond acceptors (Lipinski definition) is 4. The summed E-state index contributed by atoms with van der Waals surface area (Å²) in [5.74, 6) is -1.25. The molecular formula is C36H46ClF2N3O4. The lowest BCUT2D eigenvalue weighted by Gasteiger charge is -2.47. The van der Waals surface area contributed by atoms with E-state index in [0.29, 0.717) is 30.7 Å². The molecule has 10 heteroatoms. The SMILES string of the molecule is CC(C)(C)CC[C@H](c1ccc(C(=O)NCCC(=O)O)cc1)N1C(=O)C(c2cc(Cl)cc(C(F)F)c2)=NC12CCC(C(C)(C)C)CC2. The van der Waals surface area contributed by atoms with Crippen LogP contribution in [0.5, 0.6) is 0 Å². The Hall–Kier alpha value is -3.33. The Balaban J connectivity index is 1.77. The number of nitrogens with zero attached hydrogens (tertiary/aromatic N) is 2. The first-order chi connectivity index (χ1) is 21.4. The number of carbonyl (C=O) groups excluding carboxylic acids is 2. The van der Waals surface area contributed by atoms with E-state index in [4.69, 9.17) is 21.7 Å². The van der Waals surface area contributed by atoms with Gasteiger partial charge in [0.05, 0.1) is 12.5 Å². The molecule has 0 radical (unpaired) electrons. The predicted octanol–water partition coefficient (Wildman–Crippen LogP) is 8.61. The fourth-order valence-corrected chi connectivity index (χ4v) is 6.91. The molecule has 2 amide bonds. The monoisotopic (exact) mass is 657 g/mol. The van der Waals surface area contributed by atoms with Crippen LogP contribution in [0, 0.1) is 16.7 Å². The van der Waals surface area contributed by atoms with Gasteiger partial charge in [-0.2, -0.15) is 0 Å². The molecule has 46 heavy (non-hydrogen) atoms. The Morgan fingerprint density at radius 3 is 2.22 bits per heavy atom. The third-order valence-corrected chi connectivity index (χ3v) is 9.53. The molecule has 0 aromatic heterocycles. The van der Waals surface area contributed by atoms with E-state index in [0.717, 1.165) is 24.8 Å². The van der Waals surface area contributed by atoms with Gasteiger partial charge in [0.15, 0.2) is 0 Å². The van der Waals surface area contributed by atoms with Crippen molar-refractivity contribution in [3.05, 3.63) is 69.7 Å². The van der Waals surface area contributed by atoms with Crippen LogP contribution in [0.2, 0.25) is 5.02 Å². The molecule has 2 N–H and O–H groups in total. The van der Waals surface area contributed by atoms with Crippen LogP contribution in [0.3, 0.4) is 0 Å². The van der Waals surface area contributed by atoms with E-state index >= 15 is 0 Å². The van der Waals surface area contributed by atoms with E-state index in [-0.39, 0.29) is 57.5 Å². The first-order valence-electron chi connectivity index (χ1n) is 16.0. The second-order valence-corrected chi connectivity index (χ2v) is 15.4. The number of benzene rings is 2. The number of aliphatic imine (C=N–C) groups is 1. The summed E-state index contributed by atoms with van der Waals surface area (Å²) in [6, 6.07) is 10.7. The van der Waals surface area contributed by atoms with Crippen molar-refractivity contribution in [2.45, 2.75) is 105 Å². The zero-order chi connectivity index (χ0) is 34.0. The highest BCUT2D eigenvalue weighted by Gasteiger charge is 2.52. The van der Waals surface area contributed by atoms with Gasteiger partial charge >= 0.3 is 5.97 Å². The number of carbonyl (C=O) groups is 3. The van der Waals surface area contributed by atoms with Crippen molar-refractivity contribution >= 4 is 35.1 Å². The van der Waals surface area contributed by atoms with E-state index in [1.807, 2.05) is 17.0 Å². The summed E-state index contributed by atoms with van der Waals surface area (Å²) in [7, 11) is 0. The fraction of sp³-hybridized carbons (Fsp3) is 0.556. The van der Waals surface area contributed by atoms with Crippen molar-refractivity contribution in [3.8, 4) is 0 Å². The van der Waals surface area contributed by atoms with Crippen molar-refractivity contribution in [3.63, 3.8) is 0 Å². The summed E-state index contributed by atoms with van der Waals surface area (Å²) < 4.78 is 27.6. The van der Waals surface area contributed by atoms with Gasteiger partial charge in [-0.05, 0) is 91.2 Å². The molecule has 1 fully saturated rings. The normalized spacial score (nSPS) is 21.1. The molecule has 1 aliphatic carbocycles. The molecular weight excluding hydrogens is 612 g/mol. The maximum Gasteiger partial charge on any atom is 0.305 e. The maximum atomic E-state index is 14.6. The number of carboxylic acid groups (broad SMARTS) is 1. The van der Waals surface area contributed by atoms with Crippen LogP contribution in [-0.2, 0) is 9.59 Å². The second kappa shape index (κ2) is 13.8. The van der Waals surface area contributed by atoms with Gasteiger partial charge in [-0.3, -0.25) is 19.4 Å². The van der Waals surface area contributed by atoms with Gasteiger partial charge < -0.3 is 15.3 Å². The quantitative estimate of drug-likeness (QED) is 0.267. The minimum atomic E-state index is -2.75. The van der Waals surface area contributed by atoms with Crippen molar-refractivity contribution in [2.75, 3.05) is 6.54 Å². The number of amides is 2. The summed E-state index contributed by atoms with van der Waals surface area (Å²) in [5.41, 5.74) is 0.600. The Morgan fingerprint density at radius 1 is 1.04 bits per heavy atom. The highest BCUT2D eigenvalue weighted by atomic mass is 35.5. The van der Waals surface area contributed by atoms with Crippen LogP contribution >= 0.6 is 11.6 Å². The number of nitrogens with one attached hydrogen (secondary N) is 1. The molecule has 1 saturated carbocycles. The van der Waals surface area contributed by atoms with Crippen LogP contribution in [0.4, 0.5) is 8.78 Å². The van der Waals surface area contributed by atoms with Crippen LogP contribution in [-0.4, -0.2) is 45.7 Å². The molecule has 2 aromatic carbocycles. The molecule has 1 heterocycles. The zero-order valence-corrected chi connectivity index (χ0v) is 28.4. The van der Waals surface area contributed by atoms with E-state index in [1.54, 1.807) is 12.1 Å². The largest absolute Gasteiger partial charge is 0.481 e. The number of rotatable bonds is 10. The third kappa shape index (κ3) is 8.33. The maximum absolute atomic E-state index is 14.6. The molecule has 1 atom stereocenters. The van der Waals surface area contributed by atoms with Crippen molar-refractivity contribution < 1.29 is 28.3 Å². The Labute approximate surface area is 275 Å². The molecule has 0 unspecified atom stereocenters. The van der Waals surface area contributed by atoms with Crippen molar-refractivity contribution in [1.82, 2.24) is 10.2 Å². The second-order valence-electron chi connectivity index (χ2n) is 15.0. The highest BCUT2D eigenvalue weighted by molar-refractivity contribution is 6.47. The first kappa shape index (κ1) is 35.5.